The second-order valence-corrected chi connectivity index (χ2v) is 5.39. The normalized spacial score (nSPS) is 10.2. The van der Waals surface area contributed by atoms with Crippen LogP contribution in [0.5, 0.6) is 5.75 Å². The molecule has 3 N–H and O–H groups in total. The minimum absolute atomic E-state index is 0.148. The number of anilines is 2. The fraction of sp³-hybridized carbons (Fsp3) is 0.133. The number of nitrogens with one attached hydrogen (secondary N) is 1. The molecule has 2 aromatic carbocycles. The Bertz CT molecular complexity index is 654. The molecule has 0 aromatic heterocycles. The van der Waals surface area contributed by atoms with Crippen molar-refractivity contribution >= 4 is 40.5 Å². The van der Waals surface area contributed by atoms with E-state index in [9.17, 15) is 4.79 Å². The van der Waals surface area contributed by atoms with Crippen molar-refractivity contribution in [2.75, 3.05) is 17.7 Å². The summed E-state index contributed by atoms with van der Waals surface area (Å²) in [6.07, 6.45) is 0. The second kappa shape index (κ2) is 6.70. The lowest BCUT2D eigenvalue weighted by atomic mass is 10.2. The summed E-state index contributed by atoms with van der Waals surface area (Å²) < 4.78 is 5.36. The van der Waals surface area contributed by atoms with Gasteiger partial charge in [-0.2, -0.15) is 0 Å². The van der Waals surface area contributed by atoms with Crippen molar-refractivity contribution in [2.24, 2.45) is 0 Å². The summed E-state index contributed by atoms with van der Waals surface area (Å²) in [5.74, 6) is 0.145. The van der Waals surface area contributed by atoms with E-state index in [0.29, 0.717) is 27.2 Å². The Morgan fingerprint density at radius 2 is 1.86 bits per heavy atom. The number of nitrogen functional groups attached to an aromatic ring is 1. The highest BCUT2D eigenvalue weighted by Gasteiger charge is 2.07. The first-order chi connectivity index (χ1) is 9.94. The number of nitrogens with two attached hydrogens (primary N) is 1. The molecule has 0 aliphatic carbocycles. The minimum Gasteiger partial charge on any atom is -0.484 e. The van der Waals surface area contributed by atoms with E-state index in [0.717, 1.165) is 5.56 Å². The van der Waals surface area contributed by atoms with E-state index in [4.69, 9.17) is 33.7 Å². The molecule has 0 spiro atoms. The van der Waals surface area contributed by atoms with Crippen molar-refractivity contribution in [1.82, 2.24) is 0 Å². The van der Waals surface area contributed by atoms with Gasteiger partial charge in [0.15, 0.2) is 6.61 Å². The molecule has 0 fully saturated rings. The van der Waals surface area contributed by atoms with E-state index in [1.165, 1.54) is 0 Å². The first kappa shape index (κ1) is 15.5. The van der Waals surface area contributed by atoms with Gasteiger partial charge in [0.2, 0.25) is 0 Å². The summed E-state index contributed by atoms with van der Waals surface area (Å²) in [6, 6.07) is 10.1. The molecule has 6 heteroatoms. The standard InChI is InChI=1S/C15H14Cl2N2O2/c1-9-2-3-12(18)7-14(9)19-15(20)8-21-13-5-10(16)4-11(17)6-13/h2-7H,8,18H2,1H3,(H,19,20). The Morgan fingerprint density at radius 1 is 1.19 bits per heavy atom. The smallest absolute Gasteiger partial charge is 0.262 e. The number of amides is 1. The van der Waals surface area contributed by atoms with Gasteiger partial charge in [0.05, 0.1) is 0 Å². The molecular formula is C15H14Cl2N2O2. The van der Waals surface area contributed by atoms with Crippen LogP contribution >= 0.6 is 23.2 Å². The van der Waals surface area contributed by atoms with Gasteiger partial charge in [0.25, 0.3) is 5.91 Å². The molecule has 0 unspecified atom stereocenters. The second-order valence-electron chi connectivity index (χ2n) is 4.52. The molecule has 21 heavy (non-hydrogen) atoms. The Labute approximate surface area is 132 Å². The molecular weight excluding hydrogens is 311 g/mol. The Balaban J connectivity index is 1.97. The molecule has 2 aromatic rings. The molecule has 2 rings (SSSR count). The molecule has 0 saturated carbocycles. The van der Waals surface area contributed by atoms with E-state index in [1.54, 1.807) is 30.3 Å². The maximum atomic E-state index is 11.9. The molecule has 0 radical (unpaired) electrons. The van der Waals surface area contributed by atoms with Crippen LogP contribution in [0.25, 0.3) is 0 Å². The van der Waals surface area contributed by atoms with Gasteiger partial charge in [-0.1, -0.05) is 29.3 Å². The van der Waals surface area contributed by atoms with Crippen molar-refractivity contribution in [2.45, 2.75) is 6.92 Å². The molecule has 0 aliphatic rings. The van der Waals surface area contributed by atoms with Crippen LogP contribution in [0.15, 0.2) is 36.4 Å². The van der Waals surface area contributed by atoms with Crippen molar-refractivity contribution in [3.63, 3.8) is 0 Å². The van der Waals surface area contributed by atoms with Gasteiger partial charge < -0.3 is 15.8 Å². The summed E-state index contributed by atoms with van der Waals surface area (Å²) in [4.78, 5) is 11.9. The van der Waals surface area contributed by atoms with E-state index in [-0.39, 0.29) is 12.5 Å². The van der Waals surface area contributed by atoms with Crippen LogP contribution in [-0.4, -0.2) is 12.5 Å². The molecule has 0 aliphatic heterocycles. The minimum atomic E-state index is -0.292. The van der Waals surface area contributed by atoms with Gasteiger partial charge >= 0.3 is 0 Å². The Kier molecular flexibility index (Phi) is 4.94. The van der Waals surface area contributed by atoms with Crippen LogP contribution in [0, 0.1) is 6.92 Å². The van der Waals surface area contributed by atoms with Gasteiger partial charge in [-0.15, -0.1) is 0 Å². The molecule has 0 atom stereocenters. The largest absolute Gasteiger partial charge is 0.484 e. The van der Waals surface area contributed by atoms with E-state index < -0.39 is 0 Å². The van der Waals surface area contributed by atoms with Crippen molar-refractivity contribution in [1.29, 1.82) is 0 Å². The van der Waals surface area contributed by atoms with Crippen LogP contribution in [0.3, 0.4) is 0 Å². The van der Waals surface area contributed by atoms with Crippen molar-refractivity contribution in [3.8, 4) is 5.75 Å². The van der Waals surface area contributed by atoms with Crippen LogP contribution in [0.2, 0.25) is 10.0 Å². The average Bonchev–Trinajstić information content (AvgIpc) is 2.40. The summed E-state index contributed by atoms with van der Waals surface area (Å²) in [7, 11) is 0. The predicted octanol–water partition coefficient (Wildman–Crippen LogP) is 3.90. The average molecular weight is 325 g/mol. The molecule has 1 amide bonds. The molecule has 4 nitrogen and oxygen atoms in total. The Morgan fingerprint density at radius 3 is 2.52 bits per heavy atom. The number of carbonyl (C=O) groups excluding carboxylic acids is 1. The lowest BCUT2D eigenvalue weighted by molar-refractivity contribution is -0.118. The van der Waals surface area contributed by atoms with E-state index >= 15 is 0 Å². The highest BCUT2D eigenvalue weighted by molar-refractivity contribution is 6.34. The lowest BCUT2D eigenvalue weighted by Crippen LogP contribution is -2.20. The highest BCUT2D eigenvalue weighted by Crippen LogP contribution is 2.24. The Hall–Kier alpha value is -1.91. The van der Waals surface area contributed by atoms with Crippen LogP contribution in [0.1, 0.15) is 5.56 Å². The zero-order valence-corrected chi connectivity index (χ0v) is 12.8. The maximum Gasteiger partial charge on any atom is 0.262 e. The van der Waals surface area contributed by atoms with Crippen LogP contribution < -0.4 is 15.8 Å². The third-order valence-electron chi connectivity index (χ3n) is 2.74. The predicted molar refractivity (Wildman–Crippen MR) is 86.2 cm³/mol. The summed E-state index contributed by atoms with van der Waals surface area (Å²) >= 11 is 11.7. The topological polar surface area (TPSA) is 64.3 Å². The van der Waals surface area contributed by atoms with Gasteiger partial charge in [-0.3, -0.25) is 4.79 Å². The highest BCUT2D eigenvalue weighted by atomic mass is 35.5. The van der Waals surface area contributed by atoms with Crippen molar-refractivity contribution < 1.29 is 9.53 Å². The number of halogens is 2. The quantitative estimate of drug-likeness (QED) is 0.838. The summed E-state index contributed by atoms with van der Waals surface area (Å²) in [5, 5.41) is 3.64. The van der Waals surface area contributed by atoms with Crippen LogP contribution in [-0.2, 0) is 4.79 Å². The zero-order valence-electron chi connectivity index (χ0n) is 11.3. The third-order valence-corrected chi connectivity index (χ3v) is 3.18. The number of carbonyl (C=O) groups is 1. The van der Waals surface area contributed by atoms with Crippen LogP contribution in [0.4, 0.5) is 11.4 Å². The zero-order chi connectivity index (χ0) is 15.4. The van der Waals surface area contributed by atoms with Gasteiger partial charge in [0, 0.05) is 21.4 Å². The monoisotopic (exact) mass is 324 g/mol. The number of benzene rings is 2. The maximum absolute atomic E-state index is 11.9. The fourth-order valence-corrected chi connectivity index (χ4v) is 2.23. The van der Waals surface area contributed by atoms with E-state index in [1.807, 2.05) is 13.0 Å². The number of ether oxygens (including phenoxy) is 1. The number of hydrogen-bond acceptors (Lipinski definition) is 3. The number of aryl methyl sites for hydroxylation is 1. The molecule has 0 heterocycles. The van der Waals surface area contributed by atoms with Gasteiger partial charge in [-0.25, -0.2) is 0 Å². The fourth-order valence-electron chi connectivity index (χ4n) is 1.72. The molecule has 0 saturated heterocycles. The SMILES string of the molecule is Cc1ccc(N)cc1NC(=O)COc1cc(Cl)cc(Cl)c1. The molecule has 0 bridgehead atoms. The number of rotatable bonds is 4. The third kappa shape index (κ3) is 4.55. The van der Waals surface area contributed by atoms with Gasteiger partial charge in [0.1, 0.15) is 5.75 Å². The van der Waals surface area contributed by atoms with E-state index in [2.05, 4.69) is 5.32 Å². The lowest BCUT2D eigenvalue weighted by Gasteiger charge is -2.10. The summed E-state index contributed by atoms with van der Waals surface area (Å²) in [5.41, 5.74) is 7.85. The first-order valence-corrected chi connectivity index (χ1v) is 6.94. The summed E-state index contributed by atoms with van der Waals surface area (Å²) in [6.45, 7) is 1.73. The number of hydrogen-bond donors (Lipinski definition) is 2. The van der Waals surface area contributed by atoms with Crippen molar-refractivity contribution in [3.05, 3.63) is 52.0 Å². The van der Waals surface area contributed by atoms with Gasteiger partial charge in [-0.05, 0) is 42.8 Å². The first-order valence-electron chi connectivity index (χ1n) is 6.19. The molecule has 110 valence electrons.